The Bertz CT molecular complexity index is 786. The molecule has 0 aliphatic carbocycles. The largest absolute Gasteiger partial charge is 0.344 e. The summed E-state index contributed by atoms with van der Waals surface area (Å²) in [5, 5.41) is 3.08. The molecule has 0 spiro atoms. The molecule has 2 aromatic rings. The van der Waals surface area contributed by atoms with Gasteiger partial charge in [0.25, 0.3) is 5.91 Å². The van der Waals surface area contributed by atoms with Crippen LogP contribution in [0, 0.1) is 0 Å². The Balaban J connectivity index is 1.70. The molecule has 0 saturated heterocycles. The summed E-state index contributed by atoms with van der Waals surface area (Å²) in [7, 11) is 1.67. The van der Waals surface area contributed by atoms with Gasteiger partial charge in [0, 0.05) is 28.9 Å². The zero-order chi connectivity index (χ0) is 17.1. The second-order valence-corrected chi connectivity index (χ2v) is 6.58. The number of nitrogens with zero attached hydrogens (tertiary/aromatic N) is 1. The van der Waals surface area contributed by atoms with Gasteiger partial charge in [-0.1, -0.05) is 24.8 Å². The topological polar surface area (TPSA) is 49.4 Å². The van der Waals surface area contributed by atoms with Crippen molar-refractivity contribution >= 4 is 29.3 Å². The van der Waals surface area contributed by atoms with Crippen LogP contribution in [0.15, 0.2) is 66.1 Å². The van der Waals surface area contributed by atoms with E-state index in [1.54, 1.807) is 43.1 Å². The van der Waals surface area contributed by atoms with Gasteiger partial charge >= 0.3 is 0 Å². The van der Waals surface area contributed by atoms with Gasteiger partial charge in [-0.15, -0.1) is 11.8 Å². The Morgan fingerprint density at radius 1 is 1.21 bits per heavy atom. The third-order valence-electron chi connectivity index (χ3n) is 4.03. The summed E-state index contributed by atoms with van der Waals surface area (Å²) in [6.45, 7) is 3.47. The molecular weight excluding hydrogens is 320 g/mol. The lowest BCUT2D eigenvalue weighted by Gasteiger charge is -2.16. The van der Waals surface area contributed by atoms with E-state index in [4.69, 9.17) is 0 Å². The summed E-state index contributed by atoms with van der Waals surface area (Å²) in [5.74, 6) is 0.549. The minimum absolute atomic E-state index is 0.0309. The molecule has 2 aromatic carbocycles. The molecule has 1 heterocycles. The van der Waals surface area contributed by atoms with Crippen LogP contribution in [0.5, 0.6) is 0 Å². The van der Waals surface area contributed by atoms with Gasteiger partial charge in [0.2, 0.25) is 5.91 Å². The molecule has 0 saturated carbocycles. The third-order valence-corrected chi connectivity index (χ3v) is 5.21. The van der Waals surface area contributed by atoms with E-state index in [1.807, 2.05) is 12.1 Å². The van der Waals surface area contributed by atoms with E-state index in [-0.39, 0.29) is 17.9 Å². The lowest BCUT2D eigenvalue weighted by molar-refractivity contribution is -0.113. The number of rotatable bonds is 4. The number of thioether (sulfide) groups is 1. The Labute approximate surface area is 145 Å². The molecule has 4 nitrogen and oxygen atoms in total. The number of amides is 2. The number of carbonyl (C=O) groups excluding carboxylic acids is 2. The van der Waals surface area contributed by atoms with E-state index < -0.39 is 0 Å². The summed E-state index contributed by atoms with van der Waals surface area (Å²) < 4.78 is 0. The highest BCUT2D eigenvalue weighted by Gasteiger charge is 2.24. The van der Waals surface area contributed by atoms with Gasteiger partial charge < -0.3 is 10.2 Å². The van der Waals surface area contributed by atoms with Gasteiger partial charge in [-0.2, -0.15) is 0 Å². The number of benzene rings is 2. The molecule has 1 aliphatic heterocycles. The number of carbonyl (C=O) groups is 2. The maximum Gasteiger partial charge on any atom is 0.251 e. The van der Waals surface area contributed by atoms with Crippen molar-refractivity contribution in [2.75, 3.05) is 17.7 Å². The first-order chi connectivity index (χ1) is 11.6. The first-order valence-electron chi connectivity index (χ1n) is 7.63. The molecule has 24 heavy (non-hydrogen) atoms. The molecule has 1 atom stereocenters. The van der Waals surface area contributed by atoms with E-state index in [0.29, 0.717) is 5.56 Å². The maximum atomic E-state index is 12.5. The van der Waals surface area contributed by atoms with E-state index in [0.717, 1.165) is 11.4 Å². The highest BCUT2D eigenvalue weighted by Crippen LogP contribution is 2.37. The molecule has 0 fully saturated rings. The van der Waals surface area contributed by atoms with Crippen LogP contribution in [-0.4, -0.2) is 24.6 Å². The van der Waals surface area contributed by atoms with Gasteiger partial charge in [0.15, 0.2) is 0 Å². The molecule has 5 heteroatoms. The summed E-state index contributed by atoms with van der Waals surface area (Å²) in [5.41, 5.74) is 2.47. The lowest BCUT2D eigenvalue weighted by atomic mass is 10.1. The van der Waals surface area contributed by atoms with E-state index >= 15 is 0 Å². The predicted octanol–water partition coefficient (Wildman–Crippen LogP) is 3.41. The van der Waals surface area contributed by atoms with E-state index in [2.05, 4.69) is 24.0 Å². The first-order valence-corrected chi connectivity index (χ1v) is 8.61. The van der Waals surface area contributed by atoms with Crippen molar-refractivity contribution in [1.82, 2.24) is 5.32 Å². The number of likely N-dealkylation sites (N-methyl/N-ethyl adjacent to an activating group) is 1. The highest BCUT2D eigenvalue weighted by atomic mass is 32.2. The molecule has 0 radical (unpaired) electrons. The molecule has 0 aromatic heterocycles. The second-order valence-electron chi connectivity index (χ2n) is 5.52. The number of hydrogen-bond acceptors (Lipinski definition) is 3. The predicted molar refractivity (Wildman–Crippen MR) is 97.4 cm³/mol. The smallest absolute Gasteiger partial charge is 0.251 e. The van der Waals surface area contributed by atoms with Crippen molar-refractivity contribution < 1.29 is 9.59 Å². The minimum atomic E-state index is -0.188. The maximum absolute atomic E-state index is 12.5. The highest BCUT2D eigenvalue weighted by molar-refractivity contribution is 7.99. The van der Waals surface area contributed by atoms with Crippen molar-refractivity contribution in [2.45, 2.75) is 10.9 Å². The number of nitrogens with one attached hydrogen (secondary N) is 1. The van der Waals surface area contributed by atoms with Gasteiger partial charge in [0.05, 0.1) is 6.04 Å². The summed E-state index contributed by atoms with van der Waals surface area (Å²) in [6, 6.07) is 15.1. The van der Waals surface area contributed by atoms with Crippen molar-refractivity contribution in [3.8, 4) is 0 Å². The van der Waals surface area contributed by atoms with Crippen molar-refractivity contribution in [3.63, 3.8) is 0 Å². The zero-order valence-corrected chi connectivity index (χ0v) is 14.2. The van der Waals surface area contributed by atoms with Crippen molar-refractivity contribution in [1.29, 1.82) is 0 Å². The van der Waals surface area contributed by atoms with Crippen LogP contribution in [-0.2, 0) is 4.79 Å². The van der Waals surface area contributed by atoms with E-state index in [9.17, 15) is 9.59 Å². The number of hydrogen-bond donors (Lipinski definition) is 1. The molecule has 3 rings (SSSR count). The van der Waals surface area contributed by atoms with Crippen LogP contribution in [0.4, 0.5) is 5.69 Å². The van der Waals surface area contributed by atoms with Crippen LogP contribution in [0.1, 0.15) is 22.0 Å². The number of anilines is 1. The van der Waals surface area contributed by atoms with Crippen LogP contribution in [0.2, 0.25) is 0 Å². The summed E-state index contributed by atoms with van der Waals surface area (Å²) in [6.07, 6.45) is 1.26. The molecule has 1 unspecified atom stereocenters. The Morgan fingerprint density at radius 2 is 1.92 bits per heavy atom. The average molecular weight is 338 g/mol. The summed E-state index contributed by atoms with van der Waals surface area (Å²) in [4.78, 5) is 26.8. The van der Waals surface area contributed by atoms with Gasteiger partial charge in [-0.05, 0) is 42.0 Å². The molecule has 2 amide bonds. The van der Waals surface area contributed by atoms with Gasteiger partial charge in [-0.25, -0.2) is 0 Å². The zero-order valence-electron chi connectivity index (χ0n) is 13.4. The van der Waals surface area contributed by atoms with Crippen molar-refractivity contribution in [2.24, 2.45) is 0 Å². The third kappa shape index (κ3) is 3.21. The van der Waals surface area contributed by atoms with Crippen molar-refractivity contribution in [3.05, 3.63) is 72.3 Å². The Kier molecular flexibility index (Phi) is 4.71. The SMILES string of the molecule is C=CC(=O)N(C)c1ccc(C(=O)NC2CSc3ccccc32)cc1. The Hall–Kier alpha value is -2.53. The fourth-order valence-corrected chi connectivity index (χ4v) is 3.79. The first kappa shape index (κ1) is 16.3. The molecule has 1 N–H and O–H groups in total. The fraction of sp³-hybridized carbons (Fsp3) is 0.158. The lowest BCUT2D eigenvalue weighted by Crippen LogP contribution is -2.28. The monoisotopic (exact) mass is 338 g/mol. The number of fused-ring (bicyclic) bond motifs is 1. The molecule has 1 aliphatic rings. The normalized spacial score (nSPS) is 15.5. The summed E-state index contributed by atoms with van der Waals surface area (Å²) >= 11 is 1.76. The van der Waals surface area contributed by atoms with E-state index in [1.165, 1.54) is 21.4 Å². The molecular formula is C19H18N2O2S. The standard InChI is InChI=1S/C19H18N2O2S/c1-3-18(22)21(2)14-10-8-13(9-11-14)19(23)20-16-12-24-17-7-5-4-6-15(16)17/h3-11,16H,1,12H2,2H3,(H,20,23). The second kappa shape index (κ2) is 6.93. The van der Waals surface area contributed by atoms with Crippen LogP contribution in [0.25, 0.3) is 0 Å². The van der Waals surface area contributed by atoms with Gasteiger partial charge in [0.1, 0.15) is 0 Å². The van der Waals surface area contributed by atoms with Crippen LogP contribution >= 0.6 is 11.8 Å². The fourth-order valence-electron chi connectivity index (χ4n) is 2.62. The average Bonchev–Trinajstić information content (AvgIpc) is 3.03. The minimum Gasteiger partial charge on any atom is -0.344 e. The molecule has 0 bridgehead atoms. The molecule has 122 valence electrons. The van der Waals surface area contributed by atoms with Gasteiger partial charge in [-0.3, -0.25) is 9.59 Å². The quantitative estimate of drug-likeness (QED) is 0.869. The van der Waals surface area contributed by atoms with Crippen LogP contribution in [0.3, 0.4) is 0 Å². The van der Waals surface area contributed by atoms with Crippen LogP contribution < -0.4 is 10.2 Å². The Morgan fingerprint density at radius 3 is 2.62 bits per heavy atom.